The molecule has 1 aromatic carbocycles. The molecule has 7 nitrogen and oxygen atoms in total. The van der Waals surface area contributed by atoms with Gasteiger partial charge in [0, 0.05) is 31.0 Å². The quantitative estimate of drug-likeness (QED) is 0.711. The lowest BCUT2D eigenvalue weighted by Gasteiger charge is -2.34. The van der Waals surface area contributed by atoms with Crippen molar-refractivity contribution in [3.05, 3.63) is 58.7 Å². The second-order valence-corrected chi connectivity index (χ2v) is 8.42. The molecule has 1 atom stereocenters. The van der Waals surface area contributed by atoms with Gasteiger partial charge in [0.2, 0.25) is 11.8 Å². The summed E-state index contributed by atoms with van der Waals surface area (Å²) in [4.78, 5) is 36.5. The third kappa shape index (κ3) is 5.47. The molecule has 1 aromatic heterocycles. The fourth-order valence-electron chi connectivity index (χ4n) is 4.52. The number of hydrogen-bond donors (Lipinski definition) is 2. The molecule has 2 aliphatic rings. The fraction of sp³-hybridized carbons (Fsp3) is 0.500. The van der Waals surface area contributed by atoms with Crippen LogP contribution in [0.4, 0.5) is 0 Å². The van der Waals surface area contributed by atoms with Crippen LogP contribution in [0.25, 0.3) is 0 Å². The van der Waals surface area contributed by atoms with Crippen LogP contribution in [-0.2, 0) is 35.4 Å². The largest absolute Gasteiger partial charge is 0.353 e. The normalized spacial score (nSPS) is 18.9. The molecule has 1 aliphatic heterocycles. The van der Waals surface area contributed by atoms with E-state index in [2.05, 4.69) is 37.6 Å². The van der Waals surface area contributed by atoms with Gasteiger partial charge in [0.1, 0.15) is 5.82 Å². The predicted octanol–water partition coefficient (Wildman–Crippen LogP) is 1.71. The Hall–Kier alpha value is -2.80. The zero-order valence-electron chi connectivity index (χ0n) is 18.2. The minimum absolute atomic E-state index is 0.0738. The second-order valence-electron chi connectivity index (χ2n) is 8.42. The zero-order chi connectivity index (χ0) is 21.6. The lowest BCUT2D eigenvalue weighted by Crippen LogP contribution is -2.56. The van der Waals surface area contributed by atoms with E-state index in [1.54, 1.807) is 0 Å². The molecule has 2 N–H and O–H groups in total. The summed E-state index contributed by atoms with van der Waals surface area (Å²) < 4.78 is 0. The van der Waals surface area contributed by atoms with Crippen LogP contribution in [-0.4, -0.2) is 52.4 Å². The molecule has 31 heavy (non-hydrogen) atoms. The number of hydrogen-bond acceptors (Lipinski definition) is 5. The molecule has 1 unspecified atom stereocenters. The van der Waals surface area contributed by atoms with Crippen molar-refractivity contribution >= 4 is 11.8 Å². The smallest absolute Gasteiger partial charge is 0.237 e. The van der Waals surface area contributed by atoms with Gasteiger partial charge in [-0.3, -0.25) is 14.5 Å². The maximum absolute atomic E-state index is 12.7. The molecule has 0 saturated carbocycles. The Bertz CT molecular complexity index is 931. The molecule has 0 bridgehead atoms. The number of benzene rings is 1. The summed E-state index contributed by atoms with van der Waals surface area (Å²) in [7, 11) is 0. The molecule has 2 aromatic rings. The van der Waals surface area contributed by atoms with Crippen LogP contribution in [0.15, 0.2) is 30.3 Å². The average Bonchev–Trinajstić information content (AvgIpc) is 2.79. The molecule has 0 radical (unpaired) electrons. The van der Waals surface area contributed by atoms with Gasteiger partial charge in [0.05, 0.1) is 19.0 Å². The van der Waals surface area contributed by atoms with E-state index in [-0.39, 0.29) is 18.2 Å². The number of nitrogens with zero attached hydrogens (tertiary/aromatic N) is 3. The van der Waals surface area contributed by atoms with Gasteiger partial charge in [-0.25, -0.2) is 9.97 Å². The third-order valence-electron chi connectivity index (χ3n) is 6.23. The van der Waals surface area contributed by atoms with Crippen LogP contribution in [0.5, 0.6) is 0 Å². The van der Waals surface area contributed by atoms with Gasteiger partial charge < -0.3 is 10.6 Å². The van der Waals surface area contributed by atoms with Crippen molar-refractivity contribution in [2.24, 2.45) is 0 Å². The van der Waals surface area contributed by atoms with Crippen LogP contribution in [0.3, 0.4) is 0 Å². The number of carbonyl (C=O) groups is 2. The summed E-state index contributed by atoms with van der Waals surface area (Å²) in [6, 6.07) is 9.78. The summed E-state index contributed by atoms with van der Waals surface area (Å²) in [6.07, 6.45) is 5.38. The minimum atomic E-state index is -0.441. The molecule has 2 amide bonds. The maximum atomic E-state index is 12.7. The van der Waals surface area contributed by atoms with E-state index < -0.39 is 6.04 Å². The molecule has 164 valence electrons. The Kier molecular flexibility index (Phi) is 6.92. The number of aromatic nitrogens is 2. The van der Waals surface area contributed by atoms with Gasteiger partial charge in [0.25, 0.3) is 0 Å². The Labute approximate surface area is 183 Å². The summed E-state index contributed by atoms with van der Waals surface area (Å²) in [5, 5.41) is 5.82. The lowest BCUT2D eigenvalue weighted by molar-refractivity contribution is -0.134. The first-order valence-corrected chi connectivity index (χ1v) is 11.3. The zero-order valence-corrected chi connectivity index (χ0v) is 18.2. The molecule has 4 rings (SSSR count). The van der Waals surface area contributed by atoms with E-state index in [1.165, 1.54) is 17.5 Å². The van der Waals surface area contributed by atoms with Gasteiger partial charge in [-0.05, 0) is 50.2 Å². The molecule has 1 aliphatic carbocycles. The number of rotatable bonds is 7. The van der Waals surface area contributed by atoms with E-state index in [9.17, 15) is 9.59 Å². The van der Waals surface area contributed by atoms with Crippen molar-refractivity contribution in [1.82, 2.24) is 25.5 Å². The summed E-state index contributed by atoms with van der Waals surface area (Å²) >= 11 is 0. The van der Waals surface area contributed by atoms with Crippen molar-refractivity contribution in [3.63, 3.8) is 0 Å². The predicted molar refractivity (Wildman–Crippen MR) is 118 cm³/mol. The van der Waals surface area contributed by atoms with Gasteiger partial charge >= 0.3 is 0 Å². The Morgan fingerprint density at radius 2 is 2.00 bits per heavy atom. The number of carbonyl (C=O) groups excluding carboxylic acids is 2. The SMILES string of the molecule is Cc1nc(CNC(=O)CC2C(=O)NCCN2CCc2ccccc2)nc2c1CCCC2. The summed E-state index contributed by atoms with van der Waals surface area (Å²) in [6.45, 7) is 4.44. The van der Waals surface area contributed by atoms with Gasteiger partial charge in [-0.2, -0.15) is 0 Å². The summed E-state index contributed by atoms with van der Waals surface area (Å²) in [5.74, 6) is 0.432. The van der Waals surface area contributed by atoms with Crippen molar-refractivity contribution in [2.75, 3.05) is 19.6 Å². The highest BCUT2D eigenvalue weighted by Crippen LogP contribution is 2.21. The molecule has 1 fully saturated rings. The van der Waals surface area contributed by atoms with Crippen LogP contribution in [0.1, 0.15) is 47.6 Å². The fourth-order valence-corrected chi connectivity index (χ4v) is 4.52. The highest BCUT2D eigenvalue weighted by Gasteiger charge is 2.31. The maximum Gasteiger partial charge on any atom is 0.237 e. The molecule has 2 heterocycles. The monoisotopic (exact) mass is 421 g/mol. The van der Waals surface area contributed by atoms with Crippen molar-refractivity contribution in [2.45, 2.75) is 58.0 Å². The van der Waals surface area contributed by atoms with Crippen molar-refractivity contribution in [1.29, 1.82) is 0 Å². The number of piperazine rings is 1. The molecule has 1 saturated heterocycles. The highest BCUT2D eigenvalue weighted by molar-refractivity contribution is 5.88. The lowest BCUT2D eigenvalue weighted by atomic mass is 9.95. The first-order valence-electron chi connectivity index (χ1n) is 11.3. The number of amides is 2. The molecule has 0 spiro atoms. The van der Waals surface area contributed by atoms with Crippen LogP contribution >= 0.6 is 0 Å². The molecular weight excluding hydrogens is 390 g/mol. The van der Waals surface area contributed by atoms with Crippen LogP contribution < -0.4 is 10.6 Å². The van der Waals surface area contributed by atoms with E-state index in [1.807, 2.05) is 25.1 Å². The highest BCUT2D eigenvalue weighted by atomic mass is 16.2. The number of fused-ring (bicyclic) bond motifs is 1. The third-order valence-corrected chi connectivity index (χ3v) is 6.23. The summed E-state index contributed by atoms with van der Waals surface area (Å²) in [5.41, 5.74) is 4.65. The molecular formula is C24H31N5O2. The van der Waals surface area contributed by atoms with E-state index in [0.29, 0.717) is 18.9 Å². The van der Waals surface area contributed by atoms with E-state index in [0.717, 1.165) is 50.2 Å². The van der Waals surface area contributed by atoms with Crippen LogP contribution in [0, 0.1) is 6.92 Å². The van der Waals surface area contributed by atoms with Crippen molar-refractivity contribution < 1.29 is 9.59 Å². The Morgan fingerprint density at radius 3 is 2.84 bits per heavy atom. The minimum Gasteiger partial charge on any atom is -0.353 e. The average molecular weight is 422 g/mol. The Balaban J connectivity index is 1.33. The van der Waals surface area contributed by atoms with Gasteiger partial charge in [-0.15, -0.1) is 0 Å². The van der Waals surface area contributed by atoms with E-state index >= 15 is 0 Å². The van der Waals surface area contributed by atoms with Crippen molar-refractivity contribution in [3.8, 4) is 0 Å². The first kappa shape index (κ1) is 21.4. The second kappa shape index (κ2) is 10.0. The number of aryl methyl sites for hydroxylation is 2. The van der Waals surface area contributed by atoms with Gasteiger partial charge in [-0.1, -0.05) is 30.3 Å². The molecule has 7 heteroatoms. The van der Waals surface area contributed by atoms with E-state index in [4.69, 9.17) is 0 Å². The van der Waals surface area contributed by atoms with Crippen LogP contribution in [0.2, 0.25) is 0 Å². The van der Waals surface area contributed by atoms with Gasteiger partial charge in [0.15, 0.2) is 0 Å². The first-order chi connectivity index (χ1) is 15.1. The standard InChI is InChI=1S/C24H31N5O2/c1-17-19-9-5-6-10-20(19)28-22(27-17)16-26-23(30)15-21-24(31)25-12-14-29(21)13-11-18-7-3-2-4-8-18/h2-4,7-8,21H,5-6,9-16H2,1H3,(H,25,31)(H,26,30). The Morgan fingerprint density at radius 1 is 1.19 bits per heavy atom. The number of nitrogens with one attached hydrogen (secondary N) is 2. The topological polar surface area (TPSA) is 87.2 Å².